The third kappa shape index (κ3) is 12.7. The topological polar surface area (TPSA) is 382 Å². The van der Waals surface area contributed by atoms with Crippen LogP contribution in [0.3, 0.4) is 0 Å². The van der Waals surface area contributed by atoms with Crippen LogP contribution in [0, 0.1) is 45.8 Å². The fourth-order valence-corrected chi connectivity index (χ4v) is 14.5. The average Bonchev–Trinajstić information content (AvgIpc) is 1.69. The second kappa shape index (κ2) is 26.2. The number of aliphatic hydroxyl groups is 3. The molecule has 3 saturated carbocycles. The van der Waals surface area contributed by atoms with Crippen molar-refractivity contribution in [2.24, 2.45) is 39.4 Å². The Labute approximate surface area is 533 Å². The molecule has 1 unspecified atom stereocenters. The molecule has 3 aromatic carbocycles. The number of nitrogen functional groups attached to an aromatic ring is 3. The van der Waals surface area contributed by atoms with Crippen molar-refractivity contribution in [1.82, 2.24) is 44.0 Å². The summed E-state index contributed by atoms with van der Waals surface area (Å²) < 4.78 is 5.13. The number of primary amides is 3. The molecule has 482 valence electrons. The summed E-state index contributed by atoms with van der Waals surface area (Å²) in [4.78, 5) is 77.9. The van der Waals surface area contributed by atoms with Gasteiger partial charge in [0, 0.05) is 56.0 Å². The number of likely N-dealkylation sites (tertiary alicyclic amines) is 3. The Balaban J connectivity index is 0.000000152. The van der Waals surface area contributed by atoms with E-state index >= 15 is 0 Å². The predicted octanol–water partition coefficient (Wildman–Crippen LogP) is 5.26. The highest BCUT2D eigenvalue weighted by Crippen LogP contribution is 2.57. The lowest BCUT2D eigenvalue weighted by atomic mass is 9.65. The van der Waals surface area contributed by atoms with Gasteiger partial charge in [0.1, 0.15) is 51.2 Å². The number of benzene rings is 3. The van der Waals surface area contributed by atoms with Crippen LogP contribution in [0.5, 0.6) is 0 Å². The molecule has 3 aromatic heterocycles. The van der Waals surface area contributed by atoms with Crippen LogP contribution in [-0.4, -0.2) is 134 Å². The first-order valence-electron chi connectivity index (χ1n) is 31.0. The second-order valence-electron chi connectivity index (χ2n) is 25.9. The van der Waals surface area contributed by atoms with Gasteiger partial charge in [-0.1, -0.05) is 105 Å². The molecule has 15 N–H and O–H groups in total. The van der Waals surface area contributed by atoms with Crippen molar-refractivity contribution in [2.45, 2.75) is 123 Å². The van der Waals surface area contributed by atoms with E-state index in [1.54, 1.807) is 76.4 Å². The van der Waals surface area contributed by atoms with Gasteiger partial charge in [0.25, 0.3) is 29.5 Å². The first-order chi connectivity index (χ1) is 43.9. The molecule has 0 radical (unpaired) electrons. The molecular weight excluding hydrogens is 1170 g/mol. The van der Waals surface area contributed by atoms with E-state index in [9.17, 15) is 44.1 Å². The van der Waals surface area contributed by atoms with Crippen LogP contribution in [0.15, 0.2) is 85.5 Å². The Morgan fingerprint density at radius 3 is 1.13 bits per heavy atom. The number of nitrogens with zero attached hydrogens (tertiary/aromatic N) is 9. The largest absolute Gasteiger partial charge is 0.392 e. The minimum Gasteiger partial charge on any atom is -0.392 e. The fraction of sp³-hybridized carbons (Fsp3) is 0.426. The van der Waals surface area contributed by atoms with Crippen LogP contribution < -0.4 is 34.4 Å². The lowest BCUT2D eigenvalue weighted by Gasteiger charge is -2.45. The number of hydrogen-bond acceptors (Lipinski definition) is 15. The van der Waals surface area contributed by atoms with Gasteiger partial charge < -0.3 is 64.4 Å². The minimum absolute atomic E-state index is 0.0337. The number of nitrogens with two attached hydrogens (primary N) is 6. The third-order valence-electron chi connectivity index (χ3n) is 19.4. The third-order valence-corrected chi connectivity index (χ3v) is 19.4. The van der Waals surface area contributed by atoms with E-state index in [1.165, 1.54) is 6.08 Å². The minimum atomic E-state index is -0.621. The molecule has 12 rings (SSSR count). The molecule has 6 fully saturated rings. The number of aliphatic hydroxyl groups excluding tert-OH is 3. The Kier molecular flexibility index (Phi) is 18.6. The summed E-state index contributed by atoms with van der Waals surface area (Å²) in [5, 5.41) is 42.7. The normalized spacial score (nSPS) is 22.8. The zero-order chi connectivity index (χ0) is 66.1. The zero-order valence-corrected chi connectivity index (χ0v) is 52.4. The van der Waals surface area contributed by atoms with Crippen molar-refractivity contribution in [2.75, 3.05) is 56.5 Å². The van der Waals surface area contributed by atoms with Gasteiger partial charge in [0.2, 0.25) is 5.91 Å². The van der Waals surface area contributed by atoms with Gasteiger partial charge in [-0.25, -0.2) is 14.0 Å². The van der Waals surface area contributed by atoms with Crippen molar-refractivity contribution in [3.8, 4) is 57.5 Å². The molecule has 3 spiro atoms. The molecular formula is C68H81N15O9. The summed E-state index contributed by atoms with van der Waals surface area (Å²) in [6.45, 7) is 14.9. The van der Waals surface area contributed by atoms with Gasteiger partial charge in [-0.3, -0.25) is 28.8 Å². The van der Waals surface area contributed by atoms with Crippen LogP contribution in [0.1, 0.15) is 157 Å². The van der Waals surface area contributed by atoms with Crippen molar-refractivity contribution >= 4 is 52.9 Å². The lowest BCUT2D eigenvalue weighted by molar-refractivity contribution is -0.126. The van der Waals surface area contributed by atoms with Gasteiger partial charge in [-0.2, -0.15) is 15.3 Å². The maximum atomic E-state index is 12.2. The number of aromatic nitrogens is 6. The van der Waals surface area contributed by atoms with Gasteiger partial charge in [-0.05, 0) is 128 Å². The molecule has 92 heavy (non-hydrogen) atoms. The highest BCUT2D eigenvalue weighted by atomic mass is 16.3. The summed E-state index contributed by atoms with van der Waals surface area (Å²) in [6.07, 6.45) is 8.63. The number of anilines is 3. The summed E-state index contributed by atoms with van der Waals surface area (Å²) in [7, 11) is 0. The van der Waals surface area contributed by atoms with Gasteiger partial charge in [0.05, 0.1) is 37.4 Å². The van der Waals surface area contributed by atoms with Gasteiger partial charge >= 0.3 is 0 Å². The Hall–Kier alpha value is -9.75. The Morgan fingerprint density at radius 1 is 0.543 bits per heavy atom. The summed E-state index contributed by atoms with van der Waals surface area (Å²) in [5.74, 6) is 9.32. The van der Waals surface area contributed by atoms with Crippen molar-refractivity contribution in [3.05, 3.63) is 119 Å². The smallest absolute Gasteiger partial charge is 0.298 e. The Morgan fingerprint density at radius 2 is 0.848 bits per heavy atom. The fourth-order valence-electron chi connectivity index (χ4n) is 14.5. The molecule has 6 aliphatic rings. The number of hydrogen-bond donors (Lipinski definition) is 9. The molecule has 1 atom stereocenters. The average molecular weight is 1250 g/mol. The number of amides is 6. The van der Waals surface area contributed by atoms with E-state index in [-0.39, 0.29) is 105 Å². The predicted molar refractivity (Wildman–Crippen MR) is 346 cm³/mol. The SMILES string of the molecule is C=CC(=O)N1CCC2(CC(n3nc(-c4ccc(CO)cc4)c(C(N)=O)c3N)C2)C1.CC#CC(=O)N1CCC2(CC(n3nc(-c4ccc(C(O)C(C)C)cc4)c(C(N)=O)c3N)C2)C1.CC#CC(=O)N1CCC2(CC(n3nc(-c4ccc(CO)cc4)c(C(N)=O)c3N)C2)C1. The van der Waals surface area contributed by atoms with Crippen molar-refractivity contribution < 1.29 is 44.1 Å². The number of rotatable bonds is 14. The van der Waals surface area contributed by atoms with Crippen LogP contribution in [0.4, 0.5) is 17.5 Å². The Bertz CT molecular complexity index is 3970. The van der Waals surface area contributed by atoms with E-state index in [0.717, 1.165) is 97.7 Å². The summed E-state index contributed by atoms with van der Waals surface area (Å²) in [6, 6.07) is 21.8. The molecule has 0 bridgehead atoms. The zero-order valence-electron chi connectivity index (χ0n) is 52.4. The van der Waals surface area contributed by atoms with E-state index in [4.69, 9.17) is 39.5 Å². The highest BCUT2D eigenvalue weighted by Gasteiger charge is 2.53. The van der Waals surface area contributed by atoms with E-state index in [0.29, 0.717) is 49.8 Å². The van der Waals surface area contributed by atoms with Crippen molar-refractivity contribution in [1.29, 1.82) is 0 Å². The number of carbonyl (C=O) groups excluding carboxylic acids is 6. The molecule has 6 aromatic rings. The van der Waals surface area contributed by atoms with Crippen LogP contribution in [-0.2, 0) is 27.6 Å². The second-order valence-corrected chi connectivity index (χ2v) is 25.9. The maximum Gasteiger partial charge on any atom is 0.298 e. The molecule has 3 aliphatic carbocycles. The van der Waals surface area contributed by atoms with Gasteiger partial charge in [-0.15, -0.1) is 0 Å². The highest BCUT2D eigenvalue weighted by molar-refractivity contribution is 6.05. The van der Waals surface area contributed by atoms with E-state index < -0.39 is 23.8 Å². The number of carbonyl (C=O) groups is 6. The molecule has 24 nitrogen and oxygen atoms in total. The molecule has 3 aliphatic heterocycles. The molecule has 3 saturated heterocycles. The quantitative estimate of drug-likeness (QED) is 0.0496. The monoisotopic (exact) mass is 1250 g/mol. The first-order valence-corrected chi connectivity index (χ1v) is 31.0. The first kappa shape index (κ1) is 65.2. The standard InChI is InChI=1S/C25H31N5O3.C22H25N5O3.C21H25N5O3/c1-4-5-19(31)29-11-10-25(14-29)12-18(13-25)30-23(26)20(24(27)33)21(28-30)16-6-8-17(9-7-16)22(32)15(2)3;1-2-3-17(29)26-9-8-22(13-26)10-16(11-22)27-20(23)18(21(24)30)19(25-27)15-6-4-14(12-28)5-7-15;1-2-16(28)25-8-7-21(12-25)9-15(10-21)26-19(22)17(20(23)29)18(24-26)14-5-3-13(11-27)4-6-14/h6-9,15,18,22,32H,10-14,26H2,1-3H3,(H2,27,33);4-7,16,28H,8-13,23H2,1H3,(H2,24,30);2-6,15,27H,1,7-12,22H2,(H2,23,29). The summed E-state index contributed by atoms with van der Waals surface area (Å²) >= 11 is 0. The van der Waals surface area contributed by atoms with Crippen LogP contribution >= 0.6 is 0 Å². The van der Waals surface area contributed by atoms with Crippen molar-refractivity contribution in [3.63, 3.8) is 0 Å². The van der Waals surface area contributed by atoms with Crippen LogP contribution in [0.25, 0.3) is 33.8 Å². The van der Waals surface area contributed by atoms with Gasteiger partial charge in [0.15, 0.2) is 0 Å². The van der Waals surface area contributed by atoms with E-state index in [2.05, 4.69) is 40.5 Å². The van der Waals surface area contributed by atoms with E-state index in [1.807, 2.05) is 52.8 Å². The lowest BCUT2D eigenvalue weighted by Crippen LogP contribution is -2.42. The maximum absolute atomic E-state index is 12.2. The molecule has 24 heteroatoms. The summed E-state index contributed by atoms with van der Waals surface area (Å²) in [5.41, 5.74) is 42.5. The molecule has 6 amide bonds. The van der Waals surface area contributed by atoms with Crippen LogP contribution in [0.2, 0.25) is 0 Å². The molecule has 6 heterocycles.